The van der Waals surface area contributed by atoms with E-state index in [2.05, 4.69) is 10.2 Å². The third-order valence-electron chi connectivity index (χ3n) is 3.42. The minimum atomic E-state index is -0.458. The van der Waals surface area contributed by atoms with Crippen LogP contribution in [0.4, 0.5) is 4.39 Å². The molecule has 1 aromatic heterocycles. The van der Waals surface area contributed by atoms with Gasteiger partial charge in [-0.2, -0.15) is 9.90 Å². The van der Waals surface area contributed by atoms with Gasteiger partial charge in [-0.25, -0.2) is 4.39 Å². The molecule has 1 aliphatic rings. The molecule has 0 radical (unpaired) electrons. The molecule has 2 aromatic rings. The number of nitrogens with zero attached hydrogens (tertiary/aromatic N) is 4. The zero-order valence-electron chi connectivity index (χ0n) is 11.6. The van der Waals surface area contributed by atoms with Crippen molar-refractivity contribution < 1.29 is 13.9 Å². The molecule has 110 valence electrons. The molecule has 1 fully saturated rings. The van der Waals surface area contributed by atoms with E-state index < -0.39 is 6.10 Å². The largest absolute Gasteiger partial charge is 0.370 e. The summed E-state index contributed by atoms with van der Waals surface area (Å²) in [5.41, 5.74) is 0.751. The Labute approximate surface area is 121 Å². The lowest BCUT2D eigenvalue weighted by Crippen LogP contribution is -2.42. The molecule has 0 N–H and O–H groups in total. The molecule has 1 unspecified atom stereocenters. The number of carbonyl (C=O) groups is 1. The maximum Gasteiger partial charge on any atom is 0.276 e. The van der Waals surface area contributed by atoms with E-state index in [-0.39, 0.29) is 17.4 Å². The first kappa shape index (κ1) is 13.7. The van der Waals surface area contributed by atoms with Gasteiger partial charge < -0.3 is 9.64 Å². The number of ether oxygens (including phenoxy) is 1. The molecule has 7 heteroatoms. The fourth-order valence-electron chi connectivity index (χ4n) is 2.36. The Kier molecular flexibility index (Phi) is 3.66. The van der Waals surface area contributed by atoms with Crippen molar-refractivity contribution in [1.29, 1.82) is 0 Å². The predicted octanol–water partition coefficient (Wildman–Crippen LogP) is 1.17. The van der Waals surface area contributed by atoms with Crippen LogP contribution in [-0.4, -0.2) is 45.5 Å². The first-order valence-electron chi connectivity index (χ1n) is 6.67. The number of carbonyl (C=O) groups excluding carboxylic acids is 1. The van der Waals surface area contributed by atoms with Gasteiger partial charge in [0.2, 0.25) is 0 Å². The Bertz CT molecular complexity index is 658. The van der Waals surface area contributed by atoms with Gasteiger partial charge in [-0.15, -0.1) is 5.10 Å². The summed E-state index contributed by atoms with van der Waals surface area (Å²) in [5.74, 6) is -0.538. The molecule has 21 heavy (non-hydrogen) atoms. The van der Waals surface area contributed by atoms with Crippen LogP contribution in [0.2, 0.25) is 0 Å². The highest BCUT2D eigenvalue weighted by atomic mass is 19.1. The van der Waals surface area contributed by atoms with Gasteiger partial charge in [0.25, 0.3) is 5.91 Å². The third-order valence-corrected chi connectivity index (χ3v) is 3.42. The topological polar surface area (TPSA) is 60.2 Å². The molecule has 2 heterocycles. The summed E-state index contributed by atoms with van der Waals surface area (Å²) in [7, 11) is 1.65. The minimum Gasteiger partial charge on any atom is -0.370 e. The van der Waals surface area contributed by atoms with E-state index in [4.69, 9.17) is 4.74 Å². The van der Waals surface area contributed by atoms with Gasteiger partial charge in [-0.05, 0) is 6.07 Å². The lowest BCUT2D eigenvalue weighted by Gasteiger charge is -2.32. The Hall–Kier alpha value is -2.28. The summed E-state index contributed by atoms with van der Waals surface area (Å²) in [6.45, 7) is 1.13. The SMILES string of the molecule is Cn1ncc(C(=O)N2CCOC(c3ccccc3F)C2)n1. The highest BCUT2D eigenvalue weighted by Crippen LogP contribution is 2.25. The molecule has 1 saturated heterocycles. The molecule has 1 amide bonds. The molecule has 6 nitrogen and oxygen atoms in total. The monoisotopic (exact) mass is 290 g/mol. The van der Waals surface area contributed by atoms with Crippen LogP contribution in [0.25, 0.3) is 0 Å². The van der Waals surface area contributed by atoms with Crippen molar-refractivity contribution in [3.63, 3.8) is 0 Å². The average Bonchev–Trinajstić information content (AvgIpc) is 2.94. The number of hydrogen-bond acceptors (Lipinski definition) is 4. The maximum absolute atomic E-state index is 13.8. The van der Waals surface area contributed by atoms with Crippen LogP contribution in [0.5, 0.6) is 0 Å². The van der Waals surface area contributed by atoms with E-state index in [0.29, 0.717) is 25.3 Å². The summed E-state index contributed by atoms with van der Waals surface area (Å²) in [5, 5.41) is 7.89. The van der Waals surface area contributed by atoms with Crippen molar-refractivity contribution in [1.82, 2.24) is 19.9 Å². The zero-order chi connectivity index (χ0) is 14.8. The first-order chi connectivity index (χ1) is 10.1. The summed E-state index contributed by atoms with van der Waals surface area (Å²) in [4.78, 5) is 15.3. The molecule has 1 atom stereocenters. The van der Waals surface area contributed by atoms with Gasteiger partial charge in [0.15, 0.2) is 5.69 Å². The standard InChI is InChI=1S/C14H15FN4O2/c1-18-16-8-12(17-18)14(20)19-6-7-21-13(9-19)10-4-2-3-5-11(10)15/h2-5,8,13H,6-7,9H2,1H3. The second kappa shape index (κ2) is 5.61. The van der Waals surface area contributed by atoms with Gasteiger partial charge >= 0.3 is 0 Å². The van der Waals surface area contributed by atoms with Crippen LogP contribution in [0, 0.1) is 5.82 Å². The highest BCUT2D eigenvalue weighted by molar-refractivity contribution is 5.92. The van der Waals surface area contributed by atoms with Gasteiger partial charge in [0.1, 0.15) is 11.9 Å². The molecule has 0 spiro atoms. The quantitative estimate of drug-likeness (QED) is 0.833. The highest BCUT2D eigenvalue weighted by Gasteiger charge is 2.28. The van der Waals surface area contributed by atoms with Crippen molar-refractivity contribution in [2.24, 2.45) is 7.05 Å². The molecule has 0 bridgehead atoms. The third kappa shape index (κ3) is 2.78. The van der Waals surface area contributed by atoms with E-state index in [1.165, 1.54) is 17.1 Å². The van der Waals surface area contributed by atoms with Gasteiger partial charge in [0, 0.05) is 19.2 Å². The number of aromatic nitrogens is 3. The van der Waals surface area contributed by atoms with Crippen LogP contribution >= 0.6 is 0 Å². The normalized spacial score (nSPS) is 18.8. The number of halogens is 1. The van der Waals surface area contributed by atoms with Crippen LogP contribution in [0.15, 0.2) is 30.5 Å². The molecule has 0 aliphatic carbocycles. The zero-order valence-corrected chi connectivity index (χ0v) is 11.6. The summed E-state index contributed by atoms with van der Waals surface area (Å²) >= 11 is 0. The fourth-order valence-corrected chi connectivity index (χ4v) is 2.36. The average molecular weight is 290 g/mol. The number of benzene rings is 1. The van der Waals surface area contributed by atoms with E-state index in [9.17, 15) is 9.18 Å². The summed E-state index contributed by atoms with van der Waals surface area (Å²) in [6.07, 6.45) is 0.969. The smallest absolute Gasteiger partial charge is 0.276 e. The molecule has 3 rings (SSSR count). The van der Waals surface area contributed by atoms with E-state index in [1.54, 1.807) is 30.1 Å². The minimum absolute atomic E-state index is 0.215. The molecule has 1 aliphatic heterocycles. The van der Waals surface area contributed by atoms with E-state index >= 15 is 0 Å². The lowest BCUT2D eigenvalue weighted by molar-refractivity contribution is -0.0245. The second-order valence-electron chi connectivity index (χ2n) is 4.85. The number of rotatable bonds is 2. The van der Waals surface area contributed by atoms with E-state index in [1.807, 2.05) is 0 Å². The van der Waals surface area contributed by atoms with Crippen molar-refractivity contribution >= 4 is 5.91 Å². The van der Waals surface area contributed by atoms with Crippen LogP contribution < -0.4 is 0 Å². The Morgan fingerprint density at radius 2 is 2.24 bits per heavy atom. The van der Waals surface area contributed by atoms with Gasteiger partial charge in [0.05, 0.1) is 19.3 Å². The van der Waals surface area contributed by atoms with Crippen molar-refractivity contribution in [3.8, 4) is 0 Å². The van der Waals surface area contributed by atoms with Crippen molar-refractivity contribution in [2.45, 2.75) is 6.10 Å². The Morgan fingerprint density at radius 1 is 1.43 bits per heavy atom. The summed E-state index contributed by atoms with van der Waals surface area (Å²) < 4.78 is 19.4. The van der Waals surface area contributed by atoms with Gasteiger partial charge in [-0.1, -0.05) is 18.2 Å². The maximum atomic E-state index is 13.8. The Morgan fingerprint density at radius 3 is 2.95 bits per heavy atom. The number of hydrogen-bond donors (Lipinski definition) is 0. The summed E-state index contributed by atoms with van der Waals surface area (Å²) in [6, 6.07) is 6.45. The van der Waals surface area contributed by atoms with E-state index in [0.717, 1.165) is 0 Å². The number of amides is 1. The van der Waals surface area contributed by atoms with Gasteiger partial charge in [-0.3, -0.25) is 4.79 Å². The van der Waals surface area contributed by atoms with Crippen LogP contribution in [0.3, 0.4) is 0 Å². The second-order valence-corrected chi connectivity index (χ2v) is 4.85. The van der Waals surface area contributed by atoms with Crippen molar-refractivity contribution in [2.75, 3.05) is 19.7 Å². The number of aryl methyl sites for hydroxylation is 1. The molecular weight excluding hydrogens is 275 g/mol. The van der Waals surface area contributed by atoms with Crippen molar-refractivity contribution in [3.05, 3.63) is 47.5 Å². The Balaban J connectivity index is 1.77. The fraction of sp³-hybridized carbons (Fsp3) is 0.357. The predicted molar refractivity (Wildman–Crippen MR) is 72.0 cm³/mol. The molecular formula is C14H15FN4O2. The molecule has 1 aromatic carbocycles. The lowest BCUT2D eigenvalue weighted by atomic mass is 10.1. The van der Waals surface area contributed by atoms with Crippen LogP contribution in [0.1, 0.15) is 22.2 Å². The van der Waals surface area contributed by atoms with Crippen LogP contribution in [-0.2, 0) is 11.8 Å². The molecule has 0 saturated carbocycles. The number of morpholine rings is 1. The first-order valence-corrected chi connectivity index (χ1v) is 6.67.